The molecular weight excluding hydrogens is 234 g/mol. The Morgan fingerprint density at radius 1 is 0.895 bits per heavy atom. The fourth-order valence-corrected chi connectivity index (χ4v) is 6.84. The molecule has 2 heteroatoms. The van der Waals surface area contributed by atoms with Gasteiger partial charge in [0, 0.05) is 13.2 Å². The predicted molar refractivity (Wildman–Crippen MR) is 76.8 cm³/mol. The smallest absolute Gasteiger partial charge is 0.0471 e. The summed E-state index contributed by atoms with van der Waals surface area (Å²) < 4.78 is 5.69. The maximum atomic E-state index is 6.02. The number of ether oxygens (including phenoxy) is 1. The molecule has 0 aromatic carbocycles. The van der Waals surface area contributed by atoms with Gasteiger partial charge in [0.05, 0.1) is 0 Å². The van der Waals surface area contributed by atoms with Gasteiger partial charge in [-0.2, -0.15) is 0 Å². The highest BCUT2D eigenvalue weighted by atomic mass is 16.5. The van der Waals surface area contributed by atoms with Crippen molar-refractivity contribution in [1.82, 2.24) is 0 Å². The fourth-order valence-electron chi connectivity index (χ4n) is 6.84. The zero-order chi connectivity index (χ0) is 12.9. The van der Waals surface area contributed by atoms with Crippen molar-refractivity contribution < 1.29 is 4.74 Å². The molecule has 1 aliphatic heterocycles. The van der Waals surface area contributed by atoms with Crippen molar-refractivity contribution in [3.8, 4) is 0 Å². The van der Waals surface area contributed by atoms with Gasteiger partial charge in [0.1, 0.15) is 0 Å². The van der Waals surface area contributed by atoms with Crippen LogP contribution < -0.4 is 5.73 Å². The molecule has 0 unspecified atom stereocenters. The van der Waals surface area contributed by atoms with E-state index in [-0.39, 0.29) is 0 Å². The van der Waals surface area contributed by atoms with Gasteiger partial charge in [0.25, 0.3) is 0 Å². The van der Waals surface area contributed by atoms with Crippen LogP contribution in [0.25, 0.3) is 0 Å². The lowest BCUT2D eigenvalue weighted by molar-refractivity contribution is -0.165. The predicted octanol–water partition coefficient (Wildman–Crippen LogP) is 3.35. The average Bonchev–Trinajstić information content (AvgIpc) is 2.38. The summed E-state index contributed by atoms with van der Waals surface area (Å²) in [4.78, 5) is 0. The van der Waals surface area contributed by atoms with E-state index in [1.54, 1.807) is 19.3 Å². The van der Waals surface area contributed by atoms with E-state index in [0.717, 1.165) is 37.5 Å². The number of hydrogen-bond acceptors (Lipinski definition) is 2. The van der Waals surface area contributed by atoms with E-state index in [1.165, 1.54) is 38.5 Å². The van der Waals surface area contributed by atoms with Gasteiger partial charge >= 0.3 is 0 Å². The fraction of sp³-hybridized carbons (Fsp3) is 1.00. The molecule has 4 saturated carbocycles. The molecule has 0 atom stereocenters. The van der Waals surface area contributed by atoms with Crippen LogP contribution in [0, 0.1) is 28.6 Å². The topological polar surface area (TPSA) is 35.2 Å². The van der Waals surface area contributed by atoms with Crippen molar-refractivity contribution in [2.45, 2.75) is 57.8 Å². The standard InChI is InChI=1S/C17H29NO/c18-4-1-16(2-5-19-6-3-16)17-10-13-7-14(11-17)9-15(8-13)12-17/h13-15H,1-12,18H2. The Labute approximate surface area is 117 Å². The lowest BCUT2D eigenvalue weighted by Gasteiger charge is -2.65. The SMILES string of the molecule is NCCC1(C23CC4CC(CC(C4)C2)C3)CCOCC1. The maximum Gasteiger partial charge on any atom is 0.0471 e. The van der Waals surface area contributed by atoms with Crippen LogP contribution >= 0.6 is 0 Å². The van der Waals surface area contributed by atoms with Gasteiger partial charge in [-0.05, 0) is 92.9 Å². The minimum absolute atomic E-state index is 0.538. The van der Waals surface area contributed by atoms with Crippen molar-refractivity contribution >= 4 is 0 Å². The highest BCUT2D eigenvalue weighted by Crippen LogP contribution is 2.68. The summed E-state index contributed by atoms with van der Waals surface area (Å²) in [5.41, 5.74) is 7.22. The average molecular weight is 263 g/mol. The molecule has 19 heavy (non-hydrogen) atoms. The molecule has 108 valence electrons. The van der Waals surface area contributed by atoms with Crippen LogP contribution in [0.15, 0.2) is 0 Å². The number of hydrogen-bond donors (Lipinski definition) is 1. The summed E-state index contributed by atoms with van der Waals surface area (Å²) in [6.45, 7) is 2.85. The Hall–Kier alpha value is -0.0800. The van der Waals surface area contributed by atoms with E-state index in [0.29, 0.717) is 10.8 Å². The molecule has 0 aromatic heterocycles. The van der Waals surface area contributed by atoms with Crippen LogP contribution in [-0.4, -0.2) is 19.8 Å². The van der Waals surface area contributed by atoms with E-state index in [4.69, 9.17) is 10.5 Å². The molecule has 4 aliphatic carbocycles. The van der Waals surface area contributed by atoms with Crippen LogP contribution in [-0.2, 0) is 4.74 Å². The second-order valence-corrected chi connectivity index (χ2v) is 8.13. The monoisotopic (exact) mass is 263 g/mol. The first kappa shape index (κ1) is 12.6. The summed E-state index contributed by atoms with van der Waals surface area (Å²) in [7, 11) is 0. The van der Waals surface area contributed by atoms with E-state index in [1.807, 2.05) is 0 Å². The number of rotatable bonds is 3. The molecule has 1 saturated heterocycles. The van der Waals surface area contributed by atoms with Crippen LogP contribution in [0.4, 0.5) is 0 Å². The second-order valence-electron chi connectivity index (χ2n) is 8.13. The van der Waals surface area contributed by atoms with E-state index >= 15 is 0 Å². The van der Waals surface area contributed by atoms with Gasteiger partial charge in [0.2, 0.25) is 0 Å². The largest absolute Gasteiger partial charge is 0.381 e. The normalized spacial score (nSPS) is 47.5. The maximum absolute atomic E-state index is 6.02. The van der Waals surface area contributed by atoms with Crippen molar-refractivity contribution in [2.24, 2.45) is 34.3 Å². The van der Waals surface area contributed by atoms with Crippen molar-refractivity contribution in [3.05, 3.63) is 0 Å². The third kappa shape index (κ3) is 1.82. The Bertz CT molecular complexity index is 304. The van der Waals surface area contributed by atoms with Gasteiger partial charge in [-0.3, -0.25) is 0 Å². The third-order valence-electron chi connectivity index (χ3n) is 7.24. The van der Waals surface area contributed by atoms with Gasteiger partial charge in [-0.1, -0.05) is 0 Å². The summed E-state index contributed by atoms with van der Waals surface area (Å²) >= 11 is 0. The first-order valence-corrected chi connectivity index (χ1v) is 8.53. The minimum atomic E-state index is 0.538. The molecule has 2 nitrogen and oxygen atoms in total. The van der Waals surface area contributed by atoms with Gasteiger partial charge < -0.3 is 10.5 Å². The Balaban J connectivity index is 1.67. The Kier molecular flexibility index (Phi) is 2.97. The summed E-state index contributed by atoms with van der Waals surface area (Å²) in [5, 5.41) is 0. The molecular formula is C17H29NO. The lowest BCUT2D eigenvalue weighted by Crippen LogP contribution is -2.56. The van der Waals surface area contributed by atoms with Crippen LogP contribution in [0.3, 0.4) is 0 Å². The summed E-state index contributed by atoms with van der Waals surface area (Å²) in [5.74, 6) is 3.18. The molecule has 0 spiro atoms. The summed E-state index contributed by atoms with van der Waals surface area (Å²) in [6.07, 6.45) is 13.1. The highest BCUT2D eigenvalue weighted by molar-refractivity contribution is 5.09. The zero-order valence-electron chi connectivity index (χ0n) is 12.2. The Morgan fingerprint density at radius 2 is 1.42 bits per heavy atom. The van der Waals surface area contributed by atoms with Crippen LogP contribution in [0.5, 0.6) is 0 Å². The first-order valence-electron chi connectivity index (χ1n) is 8.53. The molecule has 1 heterocycles. The van der Waals surface area contributed by atoms with Gasteiger partial charge in [0.15, 0.2) is 0 Å². The van der Waals surface area contributed by atoms with Crippen molar-refractivity contribution in [1.29, 1.82) is 0 Å². The van der Waals surface area contributed by atoms with Crippen LogP contribution in [0.2, 0.25) is 0 Å². The molecule has 5 rings (SSSR count). The van der Waals surface area contributed by atoms with E-state index in [2.05, 4.69) is 0 Å². The van der Waals surface area contributed by atoms with Crippen molar-refractivity contribution in [2.75, 3.05) is 19.8 Å². The minimum Gasteiger partial charge on any atom is -0.381 e. The quantitative estimate of drug-likeness (QED) is 0.847. The van der Waals surface area contributed by atoms with Gasteiger partial charge in [-0.25, -0.2) is 0 Å². The van der Waals surface area contributed by atoms with Crippen molar-refractivity contribution in [3.63, 3.8) is 0 Å². The first-order chi connectivity index (χ1) is 9.25. The molecule has 4 bridgehead atoms. The zero-order valence-corrected chi connectivity index (χ0v) is 12.2. The molecule has 0 radical (unpaired) electrons. The molecule has 0 amide bonds. The molecule has 2 N–H and O–H groups in total. The van der Waals surface area contributed by atoms with Gasteiger partial charge in [-0.15, -0.1) is 0 Å². The number of nitrogens with two attached hydrogens (primary N) is 1. The highest BCUT2D eigenvalue weighted by Gasteiger charge is 2.59. The molecule has 0 aromatic rings. The van der Waals surface area contributed by atoms with E-state index in [9.17, 15) is 0 Å². The molecule has 5 fully saturated rings. The van der Waals surface area contributed by atoms with E-state index < -0.39 is 0 Å². The second kappa shape index (κ2) is 4.46. The third-order valence-corrected chi connectivity index (χ3v) is 7.24. The molecule has 5 aliphatic rings. The van der Waals surface area contributed by atoms with Crippen LogP contribution in [0.1, 0.15) is 57.8 Å². The Morgan fingerprint density at radius 3 is 1.89 bits per heavy atom. The lowest BCUT2D eigenvalue weighted by atomic mass is 9.41. The summed E-state index contributed by atoms with van der Waals surface area (Å²) in [6, 6.07) is 0.